The van der Waals surface area contributed by atoms with Crippen molar-refractivity contribution < 1.29 is 19.8 Å². The molecule has 0 atom stereocenters. The molecule has 0 rings (SSSR count). The molecule has 14 heavy (non-hydrogen) atoms. The predicted molar refractivity (Wildman–Crippen MR) is 47.9 cm³/mol. The predicted octanol–water partition coefficient (Wildman–Crippen LogP) is -1.60. The third kappa shape index (κ3) is 2.39. The van der Waals surface area contributed by atoms with E-state index in [1.165, 1.54) is 27.7 Å². The molecule has 76 valence electrons. The molecular formula is C9H14MgO4. The molecule has 0 aliphatic carbocycles. The maximum absolute atomic E-state index is 10.8. The Morgan fingerprint density at radius 3 is 1.14 bits per heavy atom. The van der Waals surface area contributed by atoms with E-state index < -0.39 is 29.2 Å². The molecule has 0 radical (unpaired) electrons. The first-order valence-electron chi connectivity index (χ1n) is 4.20. The van der Waals surface area contributed by atoms with Gasteiger partial charge in [-0.3, -0.25) is 0 Å². The third-order valence-electron chi connectivity index (χ3n) is 2.50. The number of carbonyl (C=O) groups is 2. The van der Waals surface area contributed by atoms with Crippen LogP contribution in [0, 0.1) is 17.3 Å². The molecule has 0 aliphatic heterocycles. The molecule has 0 N–H and O–H groups in total. The van der Waals surface area contributed by atoms with Crippen LogP contribution in [0.4, 0.5) is 0 Å². The molecule has 4 nitrogen and oxygen atoms in total. The van der Waals surface area contributed by atoms with Crippen LogP contribution >= 0.6 is 0 Å². The van der Waals surface area contributed by atoms with E-state index in [1.54, 1.807) is 0 Å². The van der Waals surface area contributed by atoms with E-state index in [4.69, 9.17) is 0 Å². The number of carbonyl (C=O) groups excluding carboxylic acids is 2. The summed E-state index contributed by atoms with van der Waals surface area (Å²) in [5, 5.41) is 21.6. The molecule has 0 aromatic heterocycles. The van der Waals surface area contributed by atoms with Crippen LogP contribution in [-0.2, 0) is 9.59 Å². The third-order valence-corrected chi connectivity index (χ3v) is 2.50. The number of carboxylic acids is 2. The van der Waals surface area contributed by atoms with Gasteiger partial charge < -0.3 is 19.8 Å². The van der Waals surface area contributed by atoms with E-state index in [9.17, 15) is 19.8 Å². The fraction of sp³-hybridized carbons (Fsp3) is 0.778. The summed E-state index contributed by atoms with van der Waals surface area (Å²) in [4.78, 5) is 21.6. The average molecular weight is 211 g/mol. The largest absolute Gasteiger partial charge is 2.00 e. The molecule has 0 heterocycles. The SMILES string of the molecule is CC(C)C(C(=O)[O-])(C(=O)[O-])C(C)C.[Mg+2]. The first kappa shape index (κ1) is 16.1. The summed E-state index contributed by atoms with van der Waals surface area (Å²) in [6.07, 6.45) is 0. The summed E-state index contributed by atoms with van der Waals surface area (Å²) in [5.74, 6) is -4.25. The van der Waals surface area contributed by atoms with Gasteiger partial charge in [-0.2, -0.15) is 0 Å². The maximum Gasteiger partial charge on any atom is 2.00 e. The number of aliphatic carboxylic acids is 2. The minimum atomic E-state index is -1.89. The summed E-state index contributed by atoms with van der Waals surface area (Å²) in [5.41, 5.74) is -1.89. The quantitative estimate of drug-likeness (QED) is 0.414. The van der Waals surface area contributed by atoms with E-state index >= 15 is 0 Å². The van der Waals surface area contributed by atoms with E-state index in [2.05, 4.69) is 0 Å². The number of carboxylic acid groups (broad SMARTS) is 2. The van der Waals surface area contributed by atoms with Gasteiger partial charge in [0.2, 0.25) is 0 Å². The normalized spacial score (nSPS) is 11.3. The monoisotopic (exact) mass is 210 g/mol. The Labute approximate surface area is 99.8 Å². The zero-order chi connectivity index (χ0) is 10.8. The van der Waals surface area contributed by atoms with Gasteiger partial charge in [0.1, 0.15) is 0 Å². The Morgan fingerprint density at radius 2 is 1.14 bits per heavy atom. The van der Waals surface area contributed by atoms with Gasteiger partial charge in [0.15, 0.2) is 0 Å². The van der Waals surface area contributed by atoms with Crippen LogP contribution in [0.25, 0.3) is 0 Å². The van der Waals surface area contributed by atoms with Gasteiger partial charge in [0, 0.05) is 0 Å². The Bertz CT molecular complexity index is 199. The van der Waals surface area contributed by atoms with E-state index in [1.807, 2.05) is 0 Å². The van der Waals surface area contributed by atoms with Gasteiger partial charge in [0.25, 0.3) is 0 Å². The Hall–Kier alpha value is -0.294. The second-order valence-electron chi connectivity index (χ2n) is 3.75. The van der Waals surface area contributed by atoms with Crippen molar-refractivity contribution in [2.24, 2.45) is 17.3 Å². The van der Waals surface area contributed by atoms with Crippen molar-refractivity contribution in [3.05, 3.63) is 0 Å². The summed E-state index contributed by atoms with van der Waals surface area (Å²) < 4.78 is 0. The molecular weight excluding hydrogens is 196 g/mol. The molecule has 0 aromatic carbocycles. The zero-order valence-corrected chi connectivity index (χ0v) is 10.4. The van der Waals surface area contributed by atoms with E-state index in [-0.39, 0.29) is 23.1 Å². The molecule has 0 fully saturated rings. The van der Waals surface area contributed by atoms with Crippen LogP contribution in [0.1, 0.15) is 27.7 Å². The number of hydrogen-bond acceptors (Lipinski definition) is 4. The van der Waals surface area contributed by atoms with Gasteiger partial charge >= 0.3 is 23.1 Å². The zero-order valence-electron chi connectivity index (χ0n) is 8.99. The topological polar surface area (TPSA) is 80.3 Å². The van der Waals surface area contributed by atoms with Crippen LogP contribution < -0.4 is 10.2 Å². The van der Waals surface area contributed by atoms with Crippen molar-refractivity contribution in [1.29, 1.82) is 0 Å². The number of rotatable bonds is 4. The fourth-order valence-electron chi connectivity index (χ4n) is 1.69. The Morgan fingerprint density at radius 1 is 0.929 bits per heavy atom. The van der Waals surface area contributed by atoms with Crippen LogP contribution in [-0.4, -0.2) is 35.0 Å². The van der Waals surface area contributed by atoms with Crippen molar-refractivity contribution in [2.45, 2.75) is 27.7 Å². The molecule has 0 amide bonds. The Balaban J connectivity index is 0. The summed E-state index contributed by atoms with van der Waals surface area (Å²) >= 11 is 0. The first-order valence-corrected chi connectivity index (χ1v) is 4.20. The molecule has 0 saturated heterocycles. The molecule has 0 aromatic rings. The van der Waals surface area contributed by atoms with Gasteiger partial charge in [-0.05, 0) is 11.8 Å². The van der Waals surface area contributed by atoms with Crippen molar-refractivity contribution in [3.8, 4) is 0 Å². The summed E-state index contributed by atoms with van der Waals surface area (Å²) in [7, 11) is 0. The molecule has 0 unspecified atom stereocenters. The maximum atomic E-state index is 10.8. The van der Waals surface area contributed by atoms with Crippen molar-refractivity contribution >= 4 is 35.0 Å². The average Bonchev–Trinajstić information content (AvgIpc) is 1.82. The second kappa shape index (κ2) is 5.55. The van der Waals surface area contributed by atoms with Gasteiger partial charge in [-0.25, -0.2) is 0 Å². The van der Waals surface area contributed by atoms with Crippen molar-refractivity contribution in [2.75, 3.05) is 0 Å². The van der Waals surface area contributed by atoms with Gasteiger partial charge in [-0.15, -0.1) is 0 Å². The Kier molecular flexibility index (Phi) is 6.41. The first-order chi connectivity index (χ1) is 5.77. The summed E-state index contributed by atoms with van der Waals surface area (Å²) in [6, 6.07) is 0. The van der Waals surface area contributed by atoms with Crippen LogP contribution in [0.3, 0.4) is 0 Å². The van der Waals surface area contributed by atoms with E-state index in [0.717, 1.165) is 0 Å². The van der Waals surface area contributed by atoms with Crippen LogP contribution in [0.5, 0.6) is 0 Å². The smallest absolute Gasteiger partial charge is 0.549 e. The van der Waals surface area contributed by atoms with Gasteiger partial charge in [-0.1, -0.05) is 27.7 Å². The van der Waals surface area contributed by atoms with Crippen LogP contribution in [0.15, 0.2) is 0 Å². The molecule has 0 spiro atoms. The van der Waals surface area contributed by atoms with Gasteiger partial charge in [0.05, 0.1) is 17.4 Å². The van der Waals surface area contributed by atoms with Crippen molar-refractivity contribution in [3.63, 3.8) is 0 Å². The fourth-order valence-corrected chi connectivity index (χ4v) is 1.69. The minimum Gasteiger partial charge on any atom is -0.549 e. The summed E-state index contributed by atoms with van der Waals surface area (Å²) in [6.45, 7) is 6.13. The minimum absolute atomic E-state index is 0. The standard InChI is InChI=1S/C9H16O4.Mg/c1-5(2)9(6(3)4,7(10)11)8(12)13;/h5-6H,1-4H3,(H,10,11)(H,12,13);/q;+2/p-2. The second-order valence-corrected chi connectivity index (χ2v) is 3.75. The molecule has 0 saturated carbocycles. The van der Waals surface area contributed by atoms with Crippen LogP contribution in [0.2, 0.25) is 0 Å². The van der Waals surface area contributed by atoms with E-state index in [0.29, 0.717) is 0 Å². The van der Waals surface area contributed by atoms with Crippen molar-refractivity contribution in [1.82, 2.24) is 0 Å². The molecule has 0 bridgehead atoms. The molecule has 5 heteroatoms. The number of hydrogen-bond donors (Lipinski definition) is 0. The molecule has 0 aliphatic rings.